The molecular formula is C14H23NO3S2. The van der Waals surface area contributed by atoms with Crippen LogP contribution in [0.25, 0.3) is 0 Å². The van der Waals surface area contributed by atoms with Crippen molar-refractivity contribution in [3.63, 3.8) is 0 Å². The summed E-state index contributed by atoms with van der Waals surface area (Å²) in [5, 5.41) is 12.7. The third-order valence-electron chi connectivity index (χ3n) is 4.21. The highest BCUT2D eigenvalue weighted by molar-refractivity contribution is 8.06. The first-order valence-corrected chi connectivity index (χ1v) is 9.46. The lowest BCUT2D eigenvalue weighted by atomic mass is 9.77. The van der Waals surface area contributed by atoms with Crippen LogP contribution >= 0.6 is 23.5 Å². The Morgan fingerprint density at radius 2 is 2.00 bits per heavy atom. The smallest absolute Gasteiger partial charge is 0.329 e. The Kier molecular flexibility index (Phi) is 5.66. The van der Waals surface area contributed by atoms with Crippen molar-refractivity contribution in [3.8, 4) is 0 Å². The van der Waals surface area contributed by atoms with E-state index in [0.29, 0.717) is 30.4 Å². The molecule has 6 heteroatoms. The maximum absolute atomic E-state index is 12.2. The number of aliphatic carboxylic acids is 1. The van der Waals surface area contributed by atoms with Crippen LogP contribution in [0.5, 0.6) is 0 Å². The lowest BCUT2D eigenvalue weighted by Crippen LogP contribution is -2.56. The molecule has 20 heavy (non-hydrogen) atoms. The summed E-state index contributed by atoms with van der Waals surface area (Å²) in [6, 6.07) is 0. The zero-order valence-electron chi connectivity index (χ0n) is 11.9. The van der Waals surface area contributed by atoms with E-state index in [1.54, 1.807) is 0 Å². The molecule has 0 aromatic heterocycles. The SMILES string of the molecule is CC1CCC(NC(=O)CC2CSCCS2)(C(=O)O)CC1. The molecule has 0 aromatic carbocycles. The van der Waals surface area contributed by atoms with Crippen molar-refractivity contribution in [2.45, 2.75) is 49.8 Å². The van der Waals surface area contributed by atoms with Gasteiger partial charge in [0.05, 0.1) is 0 Å². The molecule has 1 aliphatic heterocycles. The minimum absolute atomic E-state index is 0.0954. The summed E-state index contributed by atoms with van der Waals surface area (Å²) in [5.41, 5.74) is -1.02. The number of rotatable bonds is 4. The molecule has 2 N–H and O–H groups in total. The number of thioether (sulfide) groups is 2. The second-order valence-corrected chi connectivity index (χ2v) is 8.45. The van der Waals surface area contributed by atoms with Gasteiger partial charge in [-0.2, -0.15) is 23.5 Å². The van der Waals surface area contributed by atoms with E-state index in [0.717, 1.165) is 30.1 Å². The van der Waals surface area contributed by atoms with E-state index in [1.165, 1.54) is 0 Å². The Bertz CT molecular complexity index is 361. The molecule has 2 aliphatic rings. The van der Waals surface area contributed by atoms with Crippen LogP contribution in [0.4, 0.5) is 0 Å². The number of carbonyl (C=O) groups excluding carboxylic acids is 1. The van der Waals surface area contributed by atoms with Gasteiger partial charge < -0.3 is 10.4 Å². The monoisotopic (exact) mass is 317 g/mol. The fourth-order valence-corrected chi connectivity index (χ4v) is 5.51. The molecule has 1 amide bonds. The van der Waals surface area contributed by atoms with Gasteiger partial charge in [0.25, 0.3) is 0 Å². The van der Waals surface area contributed by atoms with Crippen molar-refractivity contribution in [3.05, 3.63) is 0 Å². The van der Waals surface area contributed by atoms with E-state index in [9.17, 15) is 14.7 Å². The number of carbonyl (C=O) groups is 2. The molecule has 1 heterocycles. The van der Waals surface area contributed by atoms with Crippen LogP contribution in [0.3, 0.4) is 0 Å². The third-order valence-corrected chi connectivity index (χ3v) is 7.06. The maximum atomic E-state index is 12.2. The van der Waals surface area contributed by atoms with Crippen molar-refractivity contribution >= 4 is 35.4 Å². The Morgan fingerprint density at radius 3 is 2.55 bits per heavy atom. The zero-order valence-corrected chi connectivity index (χ0v) is 13.5. The minimum Gasteiger partial charge on any atom is -0.480 e. The molecule has 1 unspecified atom stereocenters. The lowest BCUT2D eigenvalue weighted by molar-refractivity contribution is -0.149. The molecular weight excluding hydrogens is 294 g/mol. The molecule has 0 aromatic rings. The molecule has 2 rings (SSSR count). The van der Waals surface area contributed by atoms with E-state index in [-0.39, 0.29) is 5.91 Å². The Morgan fingerprint density at radius 1 is 1.30 bits per heavy atom. The molecule has 1 saturated heterocycles. The van der Waals surface area contributed by atoms with Crippen LogP contribution in [-0.2, 0) is 9.59 Å². The van der Waals surface area contributed by atoms with E-state index in [4.69, 9.17) is 0 Å². The van der Waals surface area contributed by atoms with E-state index >= 15 is 0 Å². The highest BCUT2D eigenvalue weighted by atomic mass is 32.2. The topological polar surface area (TPSA) is 66.4 Å². The molecule has 0 spiro atoms. The summed E-state index contributed by atoms with van der Waals surface area (Å²) in [7, 11) is 0. The number of carboxylic acids is 1. The average molecular weight is 317 g/mol. The minimum atomic E-state index is -1.02. The zero-order chi connectivity index (χ0) is 14.6. The lowest BCUT2D eigenvalue weighted by Gasteiger charge is -2.36. The molecule has 1 saturated carbocycles. The fraction of sp³-hybridized carbons (Fsp3) is 0.857. The predicted octanol–water partition coefficient (Wildman–Crippen LogP) is 2.37. The number of hydrogen-bond acceptors (Lipinski definition) is 4. The number of carboxylic acid groups (broad SMARTS) is 1. The van der Waals surface area contributed by atoms with E-state index < -0.39 is 11.5 Å². The standard InChI is InChI=1S/C14H23NO3S2/c1-10-2-4-14(5-3-10,13(17)18)15-12(16)8-11-9-19-6-7-20-11/h10-11H,2-9H2,1H3,(H,15,16)(H,17,18). The molecule has 1 aliphatic carbocycles. The van der Waals surface area contributed by atoms with Crippen LogP contribution in [0.1, 0.15) is 39.0 Å². The maximum Gasteiger partial charge on any atom is 0.329 e. The Hall–Kier alpha value is -0.360. The third kappa shape index (κ3) is 4.07. The van der Waals surface area contributed by atoms with Gasteiger partial charge in [0.15, 0.2) is 0 Å². The molecule has 114 valence electrons. The van der Waals surface area contributed by atoms with Crippen molar-refractivity contribution in [2.75, 3.05) is 17.3 Å². The quantitative estimate of drug-likeness (QED) is 0.833. The van der Waals surface area contributed by atoms with Crippen LogP contribution in [0.15, 0.2) is 0 Å². The van der Waals surface area contributed by atoms with Gasteiger partial charge in [-0.05, 0) is 31.6 Å². The Balaban J connectivity index is 1.90. The van der Waals surface area contributed by atoms with Crippen molar-refractivity contribution in [1.82, 2.24) is 5.32 Å². The fourth-order valence-electron chi connectivity index (χ4n) is 2.83. The van der Waals surface area contributed by atoms with Crippen molar-refractivity contribution < 1.29 is 14.7 Å². The highest BCUT2D eigenvalue weighted by Gasteiger charge is 2.42. The highest BCUT2D eigenvalue weighted by Crippen LogP contribution is 2.33. The number of amides is 1. The van der Waals surface area contributed by atoms with Crippen LogP contribution < -0.4 is 5.32 Å². The summed E-state index contributed by atoms with van der Waals surface area (Å²) in [6.07, 6.45) is 3.31. The molecule has 0 bridgehead atoms. The summed E-state index contributed by atoms with van der Waals surface area (Å²) < 4.78 is 0. The first kappa shape index (κ1) is 16.0. The largest absolute Gasteiger partial charge is 0.480 e. The average Bonchev–Trinajstić information content (AvgIpc) is 2.42. The molecule has 1 atom stereocenters. The summed E-state index contributed by atoms with van der Waals surface area (Å²) in [4.78, 5) is 23.8. The first-order valence-electron chi connectivity index (χ1n) is 7.25. The molecule has 4 nitrogen and oxygen atoms in total. The summed E-state index contributed by atoms with van der Waals surface area (Å²) in [6.45, 7) is 2.14. The van der Waals surface area contributed by atoms with Gasteiger partial charge in [-0.25, -0.2) is 4.79 Å². The van der Waals surface area contributed by atoms with E-state index in [1.807, 2.05) is 23.5 Å². The van der Waals surface area contributed by atoms with Gasteiger partial charge in [-0.3, -0.25) is 4.79 Å². The molecule has 2 fully saturated rings. The number of nitrogens with one attached hydrogen (secondary N) is 1. The van der Waals surface area contributed by atoms with Gasteiger partial charge in [0.2, 0.25) is 5.91 Å². The van der Waals surface area contributed by atoms with Gasteiger partial charge >= 0.3 is 5.97 Å². The predicted molar refractivity (Wildman–Crippen MR) is 84.3 cm³/mol. The van der Waals surface area contributed by atoms with Crippen molar-refractivity contribution in [2.24, 2.45) is 5.92 Å². The number of hydrogen-bond donors (Lipinski definition) is 2. The summed E-state index contributed by atoms with van der Waals surface area (Å²) >= 11 is 3.71. The van der Waals surface area contributed by atoms with Crippen molar-refractivity contribution in [1.29, 1.82) is 0 Å². The van der Waals surface area contributed by atoms with Crippen LogP contribution in [0, 0.1) is 5.92 Å². The molecule has 0 radical (unpaired) electrons. The van der Waals surface area contributed by atoms with Gasteiger partial charge in [-0.15, -0.1) is 0 Å². The van der Waals surface area contributed by atoms with E-state index in [2.05, 4.69) is 12.2 Å². The van der Waals surface area contributed by atoms with Crippen LogP contribution in [-0.4, -0.2) is 45.0 Å². The first-order chi connectivity index (χ1) is 9.52. The van der Waals surface area contributed by atoms with Gasteiger partial charge in [0.1, 0.15) is 5.54 Å². The second-order valence-electron chi connectivity index (χ2n) is 5.89. The second kappa shape index (κ2) is 7.07. The normalized spacial score (nSPS) is 34.5. The van der Waals surface area contributed by atoms with Crippen LogP contribution in [0.2, 0.25) is 0 Å². The summed E-state index contributed by atoms with van der Waals surface area (Å²) in [5.74, 6) is 2.83. The van der Waals surface area contributed by atoms with Gasteiger partial charge in [-0.1, -0.05) is 6.92 Å². The van der Waals surface area contributed by atoms with Gasteiger partial charge in [0, 0.05) is 28.9 Å². The Labute approximate surface area is 128 Å².